The first-order valence-corrected chi connectivity index (χ1v) is 20.9. The number of fused-ring (bicyclic) bond motifs is 6. The Morgan fingerprint density at radius 3 is 1.48 bits per heavy atom. The van der Waals surface area contributed by atoms with Crippen molar-refractivity contribution in [3.05, 3.63) is 203 Å². The fourth-order valence-electron chi connectivity index (χ4n) is 11.0. The first kappa shape index (κ1) is 33.6. The molecule has 0 fully saturated rings. The number of benzene rings is 8. The van der Waals surface area contributed by atoms with Gasteiger partial charge in [-0.05, 0) is 153 Å². The average Bonchev–Trinajstić information content (AvgIpc) is 3.64. The molecule has 0 atom stereocenters. The van der Waals surface area contributed by atoms with Gasteiger partial charge in [-0.25, -0.2) is 0 Å². The van der Waals surface area contributed by atoms with Gasteiger partial charge in [-0.15, -0.1) is 0 Å². The molecule has 0 unspecified atom stereocenters. The third-order valence-corrected chi connectivity index (χ3v) is 14.2. The molecule has 0 heterocycles. The third-order valence-electron chi connectivity index (χ3n) is 14.2. The van der Waals surface area contributed by atoms with Crippen molar-refractivity contribution in [2.45, 2.75) is 51.4 Å². The summed E-state index contributed by atoms with van der Waals surface area (Å²) in [5.41, 5.74) is 26.9. The maximum Gasteiger partial charge on any atom is 0.0159 e. The molecule has 0 aromatic heterocycles. The summed E-state index contributed by atoms with van der Waals surface area (Å²) < 4.78 is 0. The van der Waals surface area contributed by atoms with E-state index in [0.717, 1.165) is 12.8 Å². The van der Waals surface area contributed by atoms with Crippen LogP contribution >= 0.6 is 0 Å². The Kier molecular flexibility index (Phi) is 6.96. The highest BCUT2D eigenvalue weighted by molar-refractivity contribution is 6.05. The van der Waals surface area contributed by atoms with Gasteiger partial charge in [0.2, 0.25) is 0 Å². The summed E-state index contributed by atoms with van der Waals surface area (Å²) in [6.45, 7) is 9.52. The molecule has 276 valence electrons. The number of rotatable bonds is 4. The normalized spacial score (nSPS) is 15.8. The van der Waals surface area contributed by atoms with Gasteiger partial charge in [-0.2, -0.15) is 0 Å². The minimum atomic E-state index is -0.108. The lowest BCUT2D eigenvalue weighted by Crippen LogP contribution is -2.15. The number of hydrogen-bond acceptors (Lipinski definition) is 0. The van der Waals surface area contributed by atoms with E-state index in [4.69, 9.17) is 0 Å². The SMILES string of the molecule is CC1(C)c2ccccc2-c2ccc(-c3ccc4c(c3)C(C)(C)c3cc(-c5ccc(-c6ccc(-c7ccc8ccc9c%10c8c7CC=C%10CC=C9)cc6)cc5)ccc3-4)cc21. The van der Waals surface area contributed by atoms with Gasteiger partial charge in [0.1, 0.15) is 0 Å². The summed E-state index contributed by atoms with van der Waals surface area (Å²) in [7, 11) is 0. The van der Waals surface area contributed by atoms with Crippen LogP contribution in [0, 0.1) is 0 Å². The molecule has 0 amide bonds. The van der Waals surface area contributed by atoms with Crippen LogP contribution in [0.2, 0.25) is 0 Å². The molecule has 4 aliphatic rings. The molecule has 0 bridgehead atoms. The van der Waals surface area contributed by atoms with E-state index in [2.05, 4.69) is 198 Å². The first-order valence-electron chi connectivity index (χ1n) is 20.9. The molecule has 0 saturated carbocycles. The van der Waals surface area contributed by atoms with E-state index in [-0.39, 0.29) is 10.8 Å². The molecule has 0 aliphatic heterocycles. The summed E-state index contributed by atoms with van der Waals surface area (Å²) in [6.07, 6.45) is 9.08. The Hall–Kier alpha value is -6.50. The molecule has 0 heteroatoms. The highest BCUT2D eigenvalue weighted by atomic mass is 14.4. The van der Waals surface area contributed by atoms with Crippen molar-refractivity contribution >= 4 is 22.4 Å². The van der Waals surface area contributed by atoms with Crippen LogP contribution < -0.4 is 0 Å². The van der Waals surface area contributed by atoms with Crippen LogP contribution in [0.5, 0.6) is 0 Å². The lowest BCUT2D eigenvalue weighted by molar-refractivity contribution is 0.659. The molecule has 4 aliphatic carbocycles. The Labute approximate surface area is 341 Å². The van der Waals surface area contributed by atoms with Crippen molar-refractivity contribution in [2.24, 2.45) is 0 Å². The molecule has 58 heavy (non-hydrogen) atoms. The van der Waals surface area contributed by atoms with E-state index in [1.165, 1.54) is 122 Å². The Morgan fingerprint density at radius 1 is 0.397 bits per heavy atom. The van der Waals surface area contributed by atoms with E-state index in [0.29, 0.717) is 0 Å². The second kappa shape index (κ2) is 12.0. The van der Waals surface area contributed by atoms with Crippen LogP contribution in [-0.4, -0.2) is 0 Å². The zero-order chi connectivity index (χ0) is 38.9. The molecule has 0 radical (unpaired) electrons. The minimum Gasteiger partial charge on any atom is -0.0795 e. The lowest BCUT2D eigenvalue weighted by atomic mass is 9.79. The molecule has 0 spiro atoms. The Balaban J connectivity index is 0.819. The fourth-order valence-corrected chi connectivity index (χ4v) is 11.0. The first-order chi connectivity index (χ1) is 28.2. The molecular weight excluding hydrogens is 697 g/mol. The minimum absolute atomic E-state index is 0.0115. The zero-order valence-corrected chi connectivity index (χ0v) is 33.6. The topological polar surface area (TPSA) is 0 Å². The standard InChI is InChI=1S/C58H44/c1-57(2)51-11-6-5-10-46(51)47-29-25-43(33-52(47)57)44-26-30-49-48-28-24-42(32-53(48)58(3,4)54(49)34-44)37-14-12-35(13-15-37)36-16-18-38(19-17-36)45-27-22-41-21-20-39-8-7-9-40-23-31-50(45)56(41)55(39)40/h5-8,10-30,32-34H,9,31H2,1-4H3. The Bertz CT molecular complexity index is 3120. The Morgan fingerprint density at radius 2 is 0.862 bits per heavy atom. The molecule has 8 aromatic carbocycles. The molecule has 8 aromatic rings. The van der Waals surface area contributed by atoms with Gasteiger partial charge >= 0.3 is 0 Å². The van der Waals surface area contributed by atoms with Crippen molar-refractivity contribution in [2.75, 3.05) is 0 Å². The van der Waals surface area contributed by atoms with Crippen LogP contribution in [0.1, 0.15) is 73.1 Å². The second-order valence-corrected chi connectivity index (χ2v) is 18.0. The largest absolute Gasteiger partial charge is 0.0795 e. The van der Waals surface area contributed by atoms with E-state index in [1.807, 2.05) is 0 Å². The lowest BCUT2D eigenvalue weighted by Gasteiger charge is -2.25. The highest BCUT2D eigenvalue weighted by Gasteiger charge is 2.37. The van der Waals surface area contributed by atoms with Gasteiger partial charge in [0.05, 0.1) is 0 Å². The molecule has 0 saturated heterocycles. The smallest absolute Gasteiger partial charge is 0.0159 e. The zero-order valence-electron chi connectivity index (χ0n) is 33.6. The van der Waals surface area contributed by atoms with Crippen molar-refractivity contribution in [3.8, 4) is 66.8 Å². The second-order valence-electron chi connectivity index (χ2n) is 18.0. The van der Waals surface area contributed by atoms with Gasteiger partial charge in [0.25, 0.3) is 0 Å². The number of allylic oxidation sites excluding steroid dienone is 3. The van der Waals surface area contributed by atoms with E-state index < -0.39 is 0 Å². The van der Waals surface area contributed by atoms with Crippen molar-refractivity contribution in [3.63, 3.8) is 0 Å². The summed E-state index contributed by atoms with van der Waals surface area (Å²) in [5.74, 6) is 0. The molecule has 12 rings (SSSR count). The van der Waals surface area contributed by atoms with Crippen molar-refractivity contribution in [1.82, 2.24) is 0 Å². The molecule has 0 nitrogen and oxygen atoms in total. The quantitative estimate of drug-likeness (QED) is 0.169. The van der Waals surface area contributed by atoms with Crippen LogP contribution in [0.25, 0.3) is 89.2 Å². The van der Waals surface area contributed by atoms with E-state index >= 15 is 0 Å². The fraction of sp³-hybridized carbons (Fsp3) is 0.138. The van der Waals surface area contributed by atoms with Crippen LogP contribution in [0.3, 0.4) is 0 Å². The molecular formula is C58H44. The maximum absolute atomic E-state index is 2.46. The third kappa shape index (κ3) is 4.75. The van der Waals surface area contributed by atoms with Crippen molar-refractivity contribution < 1.29 is 0 Å². The van der Waals surface area contributed by atoms with Gasteiger partial charge in [-0.3, -0.25) is 0 Å². The van der Waals surface area contributed by atoms with Gasteiger partial charge in [0, 0.05) is 10.8 Å². The summed E-state index contributed by atoms with van der Waals surface area (Å²) in [6, 6.07) is 57.8. The predicted molar refractivity (Wildman–Crippen MR) is 246 cm³/mol. The highest BCUT2D eigenvalue weighted by Crippen LogP contribution is 2.53. The summed E-state index contributed by atoms with van der Waals surface area (Å²) >= 11 is 0. The van der Waals surface area contributed by atoms with E-state index in [1.54, 1.807) is 0 Å². The monoisotopic (exact) mass is 740 g/mol. The average molecular weight is 741 g/mol. The summed E-state index contributed by atoms with van der Waals surface area (Å²) in [5, 5.41) is 2.80. The van der Waals surface area contributed by atoms with Crippen molar-refractivity contribution in [1.29, 1.82) is 0 Å². The number of hydrogen-bond donors (Lipinski definition) is 0. The van der Waals surface area contributed by atoms with Crippen LogP contribution in [0.15, 0.2) is 164 Å². The van der Waals surface area contributed by atoms with Crippen LogP contribution in [-0.2, 0) is 17.3 Å². The van der Waals surface area contributed by atoms with E-state index in [9.17, 15) is 0 Å². The molecule has 0 N–H and O–H groups in total. The predicted octanol–water partition coefficient (Wildman–Crippen LogP) is 15.5. The van der Waals surface area contributed by atoms with Gasteiger partial charge in [-0.1, -0.05) is 179 Å². The van der Waals surface area contributed by atoms with Crippen LogP contribution in [0.4, 0.5) is 0 Å². The maximum atomic E-state index is 2.46. The summed E-state index contributed by atoms with van der Waals surface area (Å²) in [4.78, 5) is 0. The van der Waals surface area contributed by atoms with Gasteiger partial charge in [0.15, 0.2) is 0 Å². The van der Waals surface area contributed by atoms with Gasteiger partial charge < -0.3 is 0 Å².